The summed E-state index contributed by atoms with van der Waals surface area (Å²) in [6.45, 7) is 4.52. The van der Waals surface area contributed by atoms with E-state index in [1.54, 1.807) is 0 Å². The van der Waals surface area contributed by atoms with Gasteiger partial charge in [0.25, 0.3) is 0 Å². The summed E-state index contributed by atoms with van der Waals surface area (Å²) in [5.74, 6) is 1.86. The summed E-state index contributed by atoms with van der Waals surface area (Å²) in [6, 6.07) is 14.9. The number of fused-ring (bicyclic) bond motifs is 2. The highest BCUT2D eigenvalue weighted by Gasteiger charge is 2.32. The summed E-state index contributed by atoms with van der Waals surface area (Å²) in [5.41, 5.74) is 3.93. The largest absolute Gasteiger partial charge is 0.490 e. The fraction of sp³-hybridized carbons (Fsp3) is 0.458. The summed E-state index contributed by atoms with van der Waals surface area (Å²) in [5, 5.41) is 0. The number of hydrogen-bond donors (Lipinski definition) is 0. The van der Waals surface area contributed by atoms with Crippen LogP contribution in [0.1, 0.15) is 42.0 Å². The second-order valence-corrected chi connectivity index (χ2v) is 8.23. The summed E-state index contributed by atoms with van der Waals surface area (Å²) < 4.78 is 11.6. The van der Waals surface area contributed by atoms with E-state index in [4.69, 9.17) is 9.47 Å². The van der Waals surface area contributed by atoms with E-state index in [-0.39, 0.29) is 11.9 Å². The van der Waals surface area contributed by atoms with Crippen molar-refractivity contribution in [2.45, 2.75) is 38.3 Å². The van der Waals surface area contributed by atoms with Crippen LogP contribution in [0.25, 0.3) is 0 Å². The molecule has 0 spiro atoms. The third kappa shape index (κ3) is 3.84. The van der Waals surface area contributed by atoms with Gasteiger partial charge < -0.3 is 14.4 Å². The topological polar surface area (TPSA) is 42.0 Å². The first-order chi connectivity index (χ1) is 14.3. The standard InChI is InChI=1S/C24H28N2O3/c27-24(17-25-12-10-18-5-1-2-6-20(18)16-25)26-11-3-7-21(26)19-8-9-22-23(15-19)29-14-4-13-28-22/h1-2,5-6,8-9,15,21H,3-4,7,10-14,16-17H2/t21-/m0/s1. The molecule has 2 aromatic carbocycles. The monoisotopic (exact) mass is 392 g/mol. The number of amides is 1. The number of likely N-dealkylation sites (tertiary alicyclic amines) is 1. The SMILES string of the molecule is O=C(CN1CCc2ccccc2C1)N1CCC[C@H]1c1ccc2c(c1)OCCCO2. The van der Waals surface area contributed by atoms with Crippen molar-refractivity contribution in [3.05, 3.63) is 59.2 Å². The van der Waals surface area contributed by atoms with E-state index < -0.39 is 0 Å². The molecule has 3 aliphatic heterocycles. The maximum atomic E-state index is 13.2. The fourth-order valence-electron chi connectivity index (χ4n) is 4.77. The van der Waals surface area contributed by atoms with Gasteiger partial charge in [-0.25, -0.2) is 0 Å². The van der Waals surface area contributed by atoms with Gasteiger partial charge in [0, 0.05) is 26.1 Å². The Labute approximate surface area is 172 Å². The first-order valence-electron chi connectivity index (χ1n) is 10.8. The van der Waals surface area contributed by atoms with Crippen molar-refractivity contribution in [3.8, 4) is 11.5 Å². The van der Waals surface area contributed by atoms with Gasteiger partial charge in [-0.15, -0.1) is 0 Å². The van der Waals surface area contributed by atoms with E-state index in [1.165, 1.54) is 11.1 Å². The number of nitrogens with zero attached hydrogens (tertiary/aromatic N) is 2. The third-order valence-corrected chi connectivity index (χ3v) is 6.30. The van der Waals surface area contributed by atoms with Gasteiger partial charge in [-0.05, 0) is 48.1 Å². The minimum Gasteiger partial charge on any atom is -0.490 e. The van der Waals surface area contributed by atoms with Crippen molar-refractivity contribution in [1.29, 1.82) is 0 Å². The van der Waals surface area contributed by atoms with Crippen molar-refractivity contribution in [1.82, 2.24) is 9.80 Å². The van der Waals surface area contributed by atoms with Gasteiger partial charge in [0.2, 0.25) is 5.91 Å². The van der Waals surface area contributed by atoms with Crippen LogP contribution in [-0.4, -0.2) is 48.6 Å². The Kier molecular flexibility index (Phi) is 5.15. The number of carbonyl (C=O) groups is 1. The van der Waals surface area contributed by atoms with Crippen LogP contribution >= 0.6 is 0 Å². The van der Waals surface area contributed by atoms with E-state index in [1.807, 2.05) is 6.07 Å². The maximum Gasteiger partial charge on any atom is 0.237 e. The Balaban J connectivity index is 1.28. The van der Waals surface area contributed by atoms with Gasteiger partial charge in [-0.3, -0.25) is 9.69 Å². The van der Waals surface area contributed by atoms with Crippen LogP contribution in [0, 0.1) is 0 Å². The zero-order valence-electron chi connectivity index (χ0n) is 16.8. The lowest BCUT2D eigenvalue weighted by atomic mass is 10.00. The zero-order chi connectivity index (χ0) is 19.6. The number of carbonyl (C=O) groups excluding carboxylic acids is 1. The molecule has 152 valence electrons. The molecule has 0 aromatic heterocycles. The Morgan fingerprint density at radius 2 is 1.79 bits per heavy atom. The predicted octanol–water partition coefficient (Wildman–Crippen LogP) is 3.57. The molecule has 2 aromatic rings. The predicted molar refractivity (Wildman–Crippen MR) is 111 cm³/mol. The smallest absolute Gasteiger partial charge is 0.237 e. The minimum atomic E-state index is 0.136. The second kappa shape index (κ2) is 8.07. The van der Waals surface area contributed by atoms with Gasteiger partial charge in [0.05, 0.1) is 25.8 Å². The van der Waals surface area contributed by atoms with E-state index in [0.29, 0.717) is 19.8 Å². The normalized spacial score (nSPS) is 21.5. The lowest BCUT2D eigenvalue weighted by molar-refractivity contribution is -0.133. The Bertz CT molecular complexity index is 897. The second-order valence-electron chi connectivity index (χ2n) is 8.23. The van der Waals surface area contributed by atoms with Crippen molar-refractivity contribution in [2.24, 2.45) is 0 Å². The van der Waals surface area contributed by atoms with Crippen LogP contribution in [0.5, 0.6) is 11.5 Å². The molecule has 1 fully saturated rings. The molecule has 3 heterocycles. The van der Waals surface area contributed by atoms with E-state index in [0.717, 1.165) is 62.4 Å². The molecule has 0 saturated carbocycles. The highest BCUT2D eigenvalue weighted by Crippen LogP contribution is 2.38. The summed E-state index contributed by atoms with van der Waals surface area (Å²) in [6.07, 6.45) is 3.98. The van der Waals surface area contributed by atoms with E-state index >= 15 is 0 Å². The molecule has 5 heteroatoms. The quantitative estimate of drug-likeness (QED) is 0.801. The molecule has 29 heavy (non-hydrogen) atoms. The molecule has 5 nitrogen and oxygen atoms in total. The van der Waals surface area contributed by atoms with Crippen LogP contribution in [0.2, 0.25) is 0 Å². The molecular weight excluding hydrogens is 364 g/mol. The zero-order valence-corrected chi connectivity index (χ0v) is 16.8. The van der Waals surface area contributed by atoms with Gasteiger partial charge in [-0.2, -0.15) is 0 Å². The minimum absolute atomic E-state index is 0.136. The molecule has 1 saturated heterocycles. The number of ether oxygens (including phenoxy) is 2. The first-order valence-corrected chi connectivity index (χ1v) is 10.8. The summed E-state index contributed by atoms with van der Waals surface area (Å²) in [7, 11) is 0. The average Bonchev–Trinajstić information content (AvgIpc) is 3.12. The van der Waals surface area contributed by atoms with Crippen molar-refractivity contribution >= 4 is 5.91 Å². The van der Waals surface area contributed by atoms with Crippen LogP contribution < -0.4 is 9.47 Å². The molecule has 1 atom stereocenters. The number of hydrogen-bond acceptors (Lipinski definition) is 4. The highest BCUT2D eigenvalue weighted by molar-refractivity contribution is 5.79. The van der Waals surface area contributed by atoms with Crippen molar-refractivity contribution in [3.63, 3.8) is 0 Å². The molecule has 5 rings (SSSR count). The average molecular weight is 392 g/mol. The van der Waals surface area contributed by atoms with Crippen molar-refractivity contribution < 1.29 is 14.3 Å². The molecular formula is C24H28N2O3. The lowest BCUT2D eigenvalue weighted by Gasteiger charge is -2.32. The Hall–Kier alpha value is -2.53. The highest BCUT2D eigenvalue weighted by atomic mass is 16.5. The van der Waals surface area contributed by atoms with Crippen LogP contribution in [0.15, 0.2) is 42.5 Å². The summed E-state index contributed by atoms with van der Waals surface area (Å²) in [4.78, 5) is 17.5. The van der Waals surface area contributed by atoms with Crippen LogP contribution in [0.4, 0.5) is 0 Å². The molecule has 0 N–H and O–H groups in total. The third-order valence-electron chi connectivity index (χ3n) is 6.30. The van der Waals surface area contributed by atoms with Crippen molar-refractivity contribution in [2.75, 3.05) is 32.8 Å². The molecule has 0 unspecified atom stereocenters. The summed E-state index contributed by atoms with van der Waals surface area (Å²) >= 11 is 0. The molecule has 1 amide bonds. The van der Waals surface area contributed by atoms with Gasteiger partial charge in [0.1, 0.15) is 0 Å². The first kappa shape index (κ1) is 18.5. The molecule has 0 radical (unpaired) electrons. The fourth-order valence-corrected chi connectivity index (χ4v) is 4.77. The van der Waals surface area contributed by atoms with Gasteiger partial charge in [0.15, 0.2) is 11.5 Å². The number of benzene rings is 2. The van der Waals surface area contributed by atoms with E-state index in [9.17, 15) is 4.79 Å². The Morgan fingerprint density at radius 1 is 0.966 bits per heavy atom. The molecule has 3 aliphatic rings. The Morgan fingerprint density at radius 3 is 2.69 bits per heavy atom. The van der Waals surface area contributed by atoms with Crippen LogP contribution in [-0.2, 0) is 17.8 Å². The number of rotatable bonds is 3. The maximum absolute atomic E-state index is 13.2. The molecule has 0 bridgehead atoms. The van der Waals surface area contributed by atoms with Gasteiger partial charge >= 0.3 is 0 Å². The van der Waals surface area contributed by atoms with Crippen LogP contribution in [0.3, 0.4) is 0 Å². The van der Waals surface area contributed by atoms with E-state index in [2.05, 4.69) is 46.2 Å². The van der Waals surface area contributed by atoms with Gasteiger partial charge in [-0.1, -0.05) is 30.3 Å². The lowest BCUT2D eigenvalue weighted by Crippen LogP contribution is -2.42. The molecule has 0 aliphatic carbocycles.